The molecular weight excluding hydrogens is 272 g/mol. The summed E-state index contributed by atoms with van der Waals surface area (Å²) in [5, 5.41) is 2.83. The molecule has 0 saturated carbocycles. The quantitative estimate of drug-likeness (QED) is 0.790. The molecule has 0 aliphatic carbocycles. The molecule has 0 bridgehead atoms. The second kappa shape index (κ2) is 6.68. The first-order valence-corrected chi connectivity index (χ1v) is 7.16. The van der Waals surface area contributed by atoms with Crippen LogP contribution < -0.4 is 5.32 Å². The molecule has 108 valence electrons. The minimum atomic E-state index is -0.197. The summed E-state index contributed by atoms with van der Waals surface area (Å²) < 4.78 is 0. The molecule has 0 spiro atoms. The van der Waals surface area contributed by atoms with Gasteiger partial charge in [0.1, 0.15) is 5.69 Å². The number of amides is 1. The SMILES string of the molecule is O=C(Nc1ccccc1)c1ccc(Cc2ccccc2)cn1. The van der Waals surface area contributed by atoms with Gasteiger partial charge < -0.3 is 5.32 Å². The average molecular weight is 288 g/mol. The summed E-state index contributed by atoms with van der Waals surface area (Å²) in [5.41, 5.74) is 3.50. The number of rotatable bonds is 4. The maximum absolute atomic E-state index is 12.1. The highest BCUT2D eigenvalue weighted by Crippen LogP contribution is 2.11. The molecule has 0 unspecified atom stereocenters. The van der Waals surface area contributed by atoms with Crippen molar-refractivity contribution < 1.29 is 4.79 Å². The summed E-state index contributed by atoms with van der Waals surface area (Å²) in [6.45, 7) is 0. The maximum atomic E-state index is 12.1. The van der Waals surface area contributed by atoms with Crippen LogP contribution in [0.15, 0.2) is 79.0 Å². The van der Waals surface area contributed by atoms with Crippen LogP contribution in [0.1, 0.15) is 21.6 Å². The van der Waals surface area contributed by atoms with E-state index in [1.54, 1.807) is 12.3 Å². The van der Waals surface area contributed by atoms with E-state index in [1.807, 2.05) is 54.6 Å². The van der Waals surface area contributed by atoms with E-state index in [0.29, 0.717) is 5.69 Å². The third kappa shape index (κ3) is 3.58. The van der Waals surface area contributed by atoms with Gasteiger partial charge in [0, 0.05) is 11.9 Å². The van der Waals surface area contributed by atoms with Crippen molar-refractivity contribution in [1.82, 2.24) is 4.98 Å². The van der Waals surface area contributed by atoms with E-state index in [1.165, 1.54) is 5.56 Å². The molecule has 0 aliphatic rings. The van der Waals surface area contributed by atoms with Crippen molar-refractivity contribution in [3.8, 4) is 0 Å². The van der Waals surface area contributed by atoms with E-state index in [9.17, 15) is 4.79 Å². The highest BCUT2D eigenvalue weighted by atomic mass is 16.1. The van der Waals surface area contributed by atoms with Gasteiger partial charge in [-0.25, -0.2) is 0 Å². The lowest BCUT2D eigenvalue weighted by molar-refractivity contribution is 0.102. The predicted molar refractivity (Wildman–Crippen MR) is 87.9 cm³/mol. The molecule has 1 aromatic heterocycles. The van der Waals surface area contributed by atoms with Crippen LogP contribution in [-0.4, -0.2) is 10.9 Å². The molecule has 1 heterocycles. The Bertz CT molecular complexity index is 737. The van der Waals surface area contributed by atoms with Gasteiger partial charge in [0.2, 0.25) is 0 Å². The lowest BCUT2D eigenvalue weighted by atomic mass is 10.1. The van der Waals surface area contributed by atoms with Crippen molar-refractivity contribution in [2.24, 2.45) is 0 Å². The smallest absolute Gasteiger partial charge is 0.274 e. The zero-order chi connectivity index (χ0) is 15.2. The number of aromatic nitrogens is 1. The molecule has 3 aromatic rings. The molecule has 2 aromatic carbocycles. The molecular formula is C19H16N2O. The van der Waals surface area contributed by atoms with Crippen LogP contribution in [0, 0.1) is 0 Å². The van der Waals surface area contributed by atoms with Gasteiger partial charge >= 0.3 is 0 Å². The van der Waals surface area contributed by atoms with Crippen molar-refractivity contribution in [3.05, 3.63) is 95.8 Å². The van der Waals surface area contributed by atoms with Crippen LogP contribution in [-0.2, 0) is 6.42 Å². The lowest BCUT2D eigenvalue weighted by Crippen LogP contribution is -2.13. The number of benzene rings is 2. The van der Waals surface area contributed by atoms with Gasteiger partial charge in [-0.15, -0.1) is 0 Å². The van der Waals surface area contributed by atoms with Crippen LogP contribution in [0.25, 0.3) is 0 Å². The van der Waals surface area contributed by atoms with Gasteiger partial charge in [-0.05, 0) is 35.7 Å². The summed E-state index contributed by atoms with van der Waals surface area (Å²) in [4.78, 5) is 16.4. The monoisotopic (exact) mass is 288 g/mol. The fourth-order valence-corrected chi connectivity index (χ4v) is 2.21. The largest absolute Gasteiger partial charge is 0.321 e. The second-order valence-electron chi connectivity index (χ2n) is 5.03. The number of hydrogen-bond donors (Lipinski definition) is 1. The zero-order valence-corrected chi connectivity index (χ0v) is 12.1. The Morgan fingerprint density at radius 2 is 1.50 bits per heavy atom. The Hall–Kier alpha value is -2.94. The van der Waals surface area contributed by atoms with E-state index < -0.39 is 0 Å². The lowest BCUT2D eigenvalue weighted by Gasteiger charge is -2.05. The number of para-hydroxylation sites is 1. The number of nitrogens with one attached hydrogen (secondary N) is 1. The van der Waals surface area contributed by atoms with Gasteiger partial charge in [-0.2, -0.15) is 0 Å². The van der Waals surface area contributed by atoms with Gasteiger partial charge in [-0.1, -0.05) is 54.6 Å². The van der Waals surface area contributed by atoms with Crippen LogP contribution in [0.2, 0.25) is 0 Å². The number of carbonyl (C=O) groups excluding carboxylic acids is 1. The molecule has 0 atom stereocenters. The van der Waals surface area contributed by atoms with Gasteiger partial charge in [0.05, 0.1) is 0 Å². The Morgan fingerprint density at radius 1 is 0.818 bits per heavy atom. The standard InChI is InChI=1S/C19H16N2O/c22-19(21-17-9-5-2-6-10-17)18-12-11-16(14-20-18)13-15-7-3-1-4-8-15/h1-12,14H,13H2,(H,21,22). The normalized spacial score (nSPS) is 10.2. The molecule has 0 saturated heterocycles. The second-order valence-corrected chi connectivity index (χ2v) is 5.03. The van der Waals surface area contributed by atoms with Gasteiger partial charge in [0.15, 0.2) is 0 Å². The van der Waals surface area contributed by atoms with Gasteiger partial charge in [0.25, 0.3) is 5.91 Å². The van der Waals surface area contributed by atoms with Crippen molar-refractivity contribution in [1.29, 1.82) is 0 Å². The van der Waals surface area contributed by atoms with E-state index >= 15 is 0 Å². The van der Waals surface area contributed by atoms with Crippen LogP contribution in [0.3, 0.4) is 0 Å². The van der Waals surface area contributed by atoms with Crippen molar-refractivity contribution in [2.75, 3.05) is 5.32 Å². The third-order valence-corrected chi connectivity index (χ3v) is 3.34. The first-order valence-electron chi connectivity index (χ1n) is 7.16. The van der Waals surface area contributed by atoms with E-state index in [0.717, 1.165) is 17.7 Å². The van der Waals surface area contributed by atoms with Gasteiger partial charge in [-0.3, -0.25) is 9.78 Å². The third-order valence-electron chi connectivity index (χ3n) is 3.34. The number of carbonyl (C=O) groups is 1. The molecule has 3 nitrogen and oxygen atoms in total. The number of hydrogen-bond acceptors (Lipinski definition) is 2. The molecule has 3 rings (SSSR count). The van der Waals surface area contributed by atoms with E-state index in [4.69, 9.17) is 0 Å². The van der Waals surface area contributed by atoms with E-state index in [-0.39, 0.29) is 5.91 Å². The topological polar surface area (TPSA) is 42.0 Å². The summed E-state index contributed by atoms with van der Waals surface area (Å²) in [5.74, 6) is -0.197. The van der Waals surface area contributed by atoms with E-state index in [2.05, 4.69) is 22.4 Å². The Labute approximate surface area is 129 Å². The first kappa shape index (κ1) is 14.0. The van der Waals surface area contributed by atoms with Crippen LogP contribution in [0.5, 0.6) is 0 Å². The summed E-state index contributed by atoms with van der Waals surface area (Å²) in [6.07, 6.45) is 2.57. The summed E-state index contributed by atoms with van der Waals surface area (Å²) in [6, 6.07) is 23.3. The Morgan fingerprint density at radius 3 is 2.14 bits per heavy atom. The van der Waals surface area contributed by atoms with Crippen LogP contribution in [0.4, 0.5) is 5.69 Å². The fourth-order valence-electron chi connectivity index (χ4n) is 2.21. The highest BCUT2D eigenvalue weighted by Gasteiger charge is 2.07. The molecule has 1 N–H and O–H groups in total. The molecule has 3 heteroatoms. The number of anilines is 1. The predicted octanol–water partition coefficient (Wildman–Crippen LogP) is 3.92. The number of nitrogens with zero attached hydrogens (tertiary/aromatic N) is 1. The molecule has 0 fully saturated rings. The summed E-state index contributed by atoms with van der Waals surface area (Å²) >= 11 is 0. The Kier molecular flexibility index (Phi) is 4.25. The minimum Gasteiger partial charge on any atom is -0.321 e. The minimum absolute atomic E-state index is 0.197. The molecule has 1 amide bonds. The van der Waals surface area contributed by atoms with Crippen molar-refractivity contribution in [3.63, 3.8) is 0 Å². The first-order chi connectivity index (χ1) is 10.8. The molecule has 0 radical (unpaired) electrons. The average Bonchev–Trinajstić information content (AvgIpc) is 2.57. The van der Waals surface area contributed by atoms with Crippen LogP contribution >= 0.6 is 0 Å². The number of pyridine rings is 1. The Balaban J connectivity index is 1.67. The zero-order valence-electron chi connectivity index (χ0n) is 12.1. The van der Waals surface area contributed by atoms with Crippen molar-refractivity contribution in [2.45, 2.75) is 6.42 Å². The molecule has 0 aliphatic heterocycles. The summed E-state index contributed by atoms with van der Waals surface area (Å²) in [7, 11) is 0. The fraction of sp³-hybridized carbons (Fsp3) is 0.0526. The highest BCUT2D eigenvalue weighted by molar-refractivity contribution is 6.02. The maximum Gasteiger partial charge on any atom is 0.274 e. The van der Waals surface area contributed by atoms with Crippen molar-refractivity contribution >= 4 is 11.6 Å². The molecule has 22 heavy (non-hydrogen) atoms.